The minimum absolute atomic E-state index is 0.889. The summed E-state index contributed by atoms with van der Waals surface area (Å²) in [4.78, 5) is 2.33. The number of anilines is 3. The highest BCUT2D eigenvalue weighted by Crippen LogP contribution is 2.43. The van der Waals surface area contributed by atoms with Crippen molar-refractivity contribution in [1.29, 1.82) is 0 Å². The lowest BCUT2D eigenvalue weighted by molar-refractivity contribution is 0.668. The average molecular weight is 794 g/mol. The van der Waals surface area contributed by atoms with Crippen molar-refractivity contribution >= 4 is 93.7 Å². The molecule has 3 heterocycles. The first-order valence-corrected chi connectivity index (χ1v) is 21.0. The molecule has 4 heteroatoms. The third kappa shape index (κ3) is 5.47. The Morgan fingerprint density at radius 2 is 0.742 bits per heavy atom. The zero-order valence-corrected chi connectivity index (χ0v) is 33.4. The van der Waals surface area contributed by atoms with Crippen molar-refractivity contribution in [2.75, 3.05) is 4.90 Å². The lowest BCUT2D eigenvalue weighted by Crippen LogP contribution is -2.09. The highest BCUT2D eigenvalue weighted by molar-refractivity contribution is 6.19. The van der Waals surface area contributed by atoms with Gasteiger partial charge in [0.2, 0.25) is 0 Å². The molecule has 0 unspecified atom stereocenters. The lowest BCUT2D eigenvalue weighted by atomic mass is 9.97. The van der Waals surface area contributed by atoms with E-state index in [9.17, 15) is 0 Å². The number of hydrogen-bond donors (Lipinski definition) is 0. The first kappa shape index (κ1) is 34.5. The van der Waals surface area contributed by atoms with Crippen molar-refractivity contribution in [1.82, 2.24) is 0 Å². The fourth-order valence-electron chi connectivity index (χ4n) is 9.45. The molecule has 62 heavy (non-hydrogen) atoms. The Kier molecular flexibility index (Phi) is 7.57. The van der Waals surface area contributed by atoms with Gasteiger partial charge in [0.15, 0.2) is 0 Å². The molecule has 0 N–H and O–H groups in total. The highest BCUT2D eigenvalue weighted by atomic mass is 16.3. The number of fused-ring (bicyclic) bond motifs is 11. The number of benzene rings is 10. The Labute approximate surface area is 356 Å². The molecule has 0 aliphatic rings. The summed E-state index contributed by atoms with van der Waals surface area (Å²) < 4.78 is 18.8. The van der Waals surface area contributed by atoms with Crippen molar-refractivity contribution in [3.05, 3.63) is 212 Å². The molecule has 0 saturated carbocycles. The van der Waals surface area contributed by atoms with E-state index < -0.39 is 0 Å². The Hall–Kier alpha value is -8.34. The van der Waals surface area contributed by atoms with Crippen molar-refractivity contribution in [2.24, 2.45) is 0 Å². The molecule has 0 radical (unpaired) electrons. The van der Waals surface area contributed by atoms with E-state index in [4.69, 9.17) is 13.3 Å². The Balaban J connectivity index is 0.899. The van der Waals surface area contributed by atoms with Gasteiger partial charge in [0.1, 0.15) is 33.5 Å². The van der Waals surface area contributed by atoms with E-state index in [2.05, 4.69) is 193 Å². The van der Waals surface area contributed by atoms with Crippen molar-refractivity contribution in [3.8, 4) is 33.4 Å². The van der Waals surface area contributed by atoms with Gasteiger partial charge in [0.25, 0.3) is 0 Å². The Morgan fingerprint density at radius 1 is 0.274 bits per heavy atom. The van der Waals surface area contributed by atoms with Crippen molar-refractivity contribution in [2.45, 2.75) is 0 Å². The molecule has 0 atom stereocenters. The fourth-order valence-corrected chi connectivity index (χ4v) is 9.45. The van der Waals surface area contributed by atoms with Crippen LogP contribution in [0.1, 0.15) is 0 Å². The Bertz CT molecular complexity index is 3690. The van der Waals surface area contributed by atoms with E-state index in [-0.39, 0.29) is 0 Å². The van der Waals surface area contributed by atoms with E-state index in [0.29, 0.717) is 0 Å². The molecular weight excluding hydrogens is 759 g/mol. The molecule has 4 nitrogen and oxygen atoms in total. The zero-order valence-electron chi connectivity index (χ0n) is 33.4. The van der Waals surface area contributed by atoms with Gasteiger partial charge in [-0.25, -0.2) is 0 Å². The van der Waals surface area contributed by atoms with E-state index >= 15 is 0 Å². The second-order valence-electron chi connectivity index (χ2n) is 16.0. The second kappa shape index (κ2) is 13.6. The van der Waals surface area contributed by atoms with Gasteiger partial charge in [-0.3, -0.25) is 0 Å². The first-order valence-electron chi connectivity index (χ1n) is 21.0. The maximum absolute atomic E-state index is 6.54. The normalized spacial score (nSPS) is 11.9. The van der Waals surface area contributed by atoms with Crippen LogP contribution in [0.5, 0.6) is 0 Å². The summed E-state index contributed by atoms with van der Waals surface area (Å²) in [5, 5.41) is 9.05. The van der Waals surface area contributed by atoms with Gasteiger partial charge in [0, 0.05) is 54.8 Å². The topological polar surface area (TPSA) is 42.7 Å². The van der Waals surface area contributed by atoms with Gasteiger partial charge < -0.3 is 18.2 Å². The number of rotatable bonds is 6. The van der Waals surface area contributed by atoms with Crippen LogP contribution in [0.15, 0.2) is 226 Å². The van der Waals surface area contributed by atoms with Gasteiger partial charge in [-0.1, -0.05) is 127 Å². The summed E-state index contributed by atoms with van der Waals surface area (Å²) in [6.07, 6.45) is 0. The second-order valence-corrected chi connectivity index (χ2v) is 16.0. The van der Waals surface area contributed by atoms with Crippen molar-refractivity contribution < 1.29 is 13.3 Å². The maximum atomic E-state index is 6.54. The molecule has 0 saturated heterocycles. The maximum Gasteiger partial charge on any atom is 0.143 e. The zero-order chi connectivity index (χ0) is 40.7. The molecule has 0 bridgehead atoms. The van der Waals surface area contributed by atoms with Gasteiger partial charge in [-0.05, 0) is 124 Å². The minimum Gasteiger partial charge on any atom is -0.456 e. The van der Waals surface area contributed by atoms with Crippen LogP contribution in [0.3, 0.4) is 0 Å². The van der Waals surface area contributed by atoms with Crippen LogP contribution >= 0.6 is 0 Å². The minimum atomic E-state index is 0.889. The number of nitrogens with zero attached hydrogens (tertiary/aromatic N) is 1. The Morgan fingerprint density at radius 3 is 1.32 bits per heavy atom. The molecule has 0 amide bonds. The molecule has 3 aromatic heterocycles. The summed E-state index contributed by atoms with van der Waals surface area (Å²) in [6, 6.07) is 75.2. The first-order chi connectivity index (χ1) is 30.7. The van der Waals surface area contributed by atoms with E-state index in [1.165, 1.54) is 5.39 Å². The predicted octanol–water partition coefficient (Wildman–Crippen LogP) is 17.0. The molecule has 10 aromatic carbocycles. The van der Waals surface area contributed by atoms with Crippen LogP contribution in [0, 0.1) is 0 Å². The van der Waals surface area contributed by atoms with Gasteiger partial charge in [-0.15, -0.1) is 0 Å². The number of hydrogen-bond acceptors (Lipinski definition) is 4. The van der Waals surface area contributed by atoms with Crippen LogP contribution in [-0.4, -0.2) is 0 Å². The standard InChI is InChI=1S/C58H35NO3/c1-2-9-46-38(8-1)22-31-49-57-45(12-7-15-56(57)62-58(46)49)39-20-29-44(30-21-39)59(42-25-16-36(17-26-42)40-23-32-54-50(34-40)47-10-3-5-13-52(47)60-54)43-27-18-37(19-28-43)41-24-33-55-51(35-41)48-11-4-6-14-53(48)61-55/h1-35H. The van der Waals surface area contributed by atoms with Crippen LogP contribution < -0.4 is 4.90 Å². The third-order valence-electron chi connectivity index (χ3n) is 12.5. The molecule has 290 valence electrons. The van der Waals surface area contributed by atoms with Gasteiger partial charge >= 0.3 is 0 Å². The van der Waals surface area contributed by atoms with E-state index in [1.807, 2.05) is 24.3 Å². The van der Waals surface area contributed by atoms with E-state index in [0.717, 1.165) is 122 Å². The summed E-state index contributed by atoms with van der Waals surface area (Å²) in [7, 11) is 0. The quantitative estimate of drug-likeness (QED) is 0.168. The van der Waals surface area contributed by atoms with Crippen LogP contribution in [0.2, 0.25) is 0 Å². The number of furan rings is 3. The summed E-state index contributed by atoms with van der Waals surface area (Å²) in [6.45, 7) is 0. The third-order valence-corrected chi connectivity index (χ3v) is 12.5. The molecule has 0 spiro atoms. The SMILES string of the molecule is c1ccc2c(c1)ccc1c2oc2cccc(-c3ccc(N(c4ccc(-c5ccc6oc7ccccc7c6c5)cc4)c4ccc(-c5ccc6oc7ccccc7c6c5)cc4)cc3)c21. The molecule has 0 aliphatic heterocycles. The molecule has 13 aromatic rings. The predicted molar refractivity (Wildman–Crippen MR) is 257 cm³/mol. The number of para-hydroxylation sites is 2. The van der Waals surface area contributed by atoms with Crippen LogP contribution in [0.4, 0.5) is 17.1 Å². The summed E-state index contributed by atoms with van der Waals surface area (Å²) in [5.41, 5.74) is 15.4. The molecule has 0 aliphatic carbocycles. The molecular formula is C58H35NO3. The van der Waals surface area contributed by atoms with Gasteiger partial charge in [-0.2, -0.15) is 0 Å². The van der Waals surface area contributed by atoms with Crippen LogP contribution in [0.25, 0.3) is 110 Å². The highest BCUT2D eigenvalue weighted by Gasteiger charge is 2.18. The lowest BCUT2D eigenvalue weighted by Gasteiger charge is -2.26. The molecule has 13 rings (SSSR count). The summed E-state index contributed by atoms with van der Waals surface area (Å²) in [5.74, 6) is 0. The smallest absolute Gasteiger partial charge is 0.143 e. The molecule has 0 fully saturated rings. The average Bonchev–Trinajstić information content (AvgIpc) is 4.03. The van der Waals surface area contributed by atoms with Gasteiger partial charge in [0.05, 0.1) is 0 Å². The largest absolute Gasteiger partial charge is 0.456 e. The fraction of sp³-hybridized carbons (Fsp3) is 0. The van der Waals surface area contributed by atoms with Crippen LogP contribution in [-0.2, 0) is 0 Å². The van der Waals surface area contributed by atoms with Crippen molar-refractivity contribution in [3.63, 3.8) is 0 Å². The summed E-state index contributed by atoms with van der Waals surface area (Å²) >= 11 is 0. The van der Waals surface area contributed by atoms with E-state index in [1.54, 1.807) is 0 Å². The monoisotopic (exact) mass is 793 g/mol.